The van der Waals surface area contributed by atoms with Crippen LogP contribution in [-0.4, -0.2) is 48.9 Å². The molecule has 0 N–H and O–H groups in total. The van der Waals surface area contributed by atoms with E-state index in [2.05, 4.69) is 11.9 Å². The van der Waals surface area contributed by atoms with Gasteiger partial charge in [-0.15, -0.1) is 0 Å². The topological polar surface area (TPSA) is 23.6 Å². The van der Waals surface area contributed by atoms with Crippen LogP contribution in [0.3, 0.4) is 0 Å². The lowest BCUT2D eigenvalue weighted by Crippen LogP contribution is -2.50. The lowest BCUT2D eigenvalue weighted by atomic mass is 9.84. The summed E-state index contributed by atoms with van der Waals surface area (Å²) < 4.78 is 0. The molecule has 0 aromatic carbocycles. The smallest absolute Gasteiger partial charge is 0.227 e. The van der Waals surface area contributed by atoms with E-state index in [1.165, 1.54) is 25.7 Å². The summed E-state index contributed by atoms with van der Waals surface area (Å²) in [7, 11) is 4.11. The van der Waals surface area contributed by atoms with Crippen LogP contribution < -0.4 is 0 Å². The summed E-state index contributed by atoms with van der Waals surface area (Å²) in [4.78, 5) is 16.4. The van der Waals surface area contributed by atoms with Gasteiger partial charge in [0.15, 0.2) is 0 Å². The Morgan fingerprint density at radius 3 is 2.60 bits per heavy atom. The normalized spacial score (nSPS) is 34.5. The first kappa shape index (κ1) is 10.9. The molecule has 2 heterocycles. The standard InChI is InChI=1S/C12H22N2O/c1-13-8-4-3-7-11(13)10-6-5-9-14(2)12(10)15/h10-11H,3-9H2,1-2H3. The summed E-state index contributed by atoms with van der Waals surface area (Å²) in [5, 5.41) is 0. The molecule has 0 spiro atoms. The van der Waals surface area contributed by atoms with Crippen LogP contribution in [0.4, 0.5) is 0 Å². The van der Waals surface area contributed by atoms with Crippen molar-refractivity contribution in [2.24, 2.45) is 5.92 Å². The maximum atomic E-state index is 12.1. The van der Waals surface area contributed by atoms with Crippen LogP contribution in [-0.2, 0) is 4.79 Å². The van der Waals surface area contributed by atoms with Gasteiger partial charge in [-0.2, -0.15) is 0 Å². The molecule has 2 atom stereocenters. The van der Waals surface area contributed by atoms with E-state index in [4.69, 9.17) is 0 Å². The SMILES string of the molecule is CN1CCCC(C2CCCCN2C)C1=O. The Morgan fingerprint density at radius 1 is 1.07 bits per heavy atom. The maximum Gasteiger partial charge on any atom is 0.227 e. The van der Waals surface area contributed by atoms with Crippen LogP contribution in [0.25, 0.3) is 0 Å². The van der Waals surface area contributed by atoms with Crippen LogP contribution in [0.2, 0.25) is 0 Å². The Hall–Kier alpha value is -0.570. The molecule has 1 amide bonds. The van der Waals surface area contributed by atoms with Gasteiger partial charge in [0.2, 0.25) is 5.91 Å². The maximum absolute atomic E-state index is 12.1. The molecule has 2 saturated heterocycles. The minimum Gasteiger partial charge on any atom is -0.345 e. The molecule has 0 bridgehead atoms. The summed E-state index contributed by atoms with van der Waals surface area (Å²) in [6, 6.07) is 0.508. The molecule has 2 unspecified atom stereocenters. The van der Waals surface area contributed by atoms with E-state index < -0.39 is 0 Å². The molecule has 3 heteroatoms. The van der Waals surface area contributed by atoms with Crippen molar-refractivity contribution < 1.29 is 4.79 Å². The van der Waals surface area contributed by atoms with Gasteiger partial charge in [-0.1, -0.05) is 6.42 Å². The number of piperidine rings is 2. The predicted molar refractivity (Wildman–Crippen MR) is 60.6 cm³/mol. The van der Waals surface area contributed by atoms with Gasteiger partial charge in [-0.3, -0.25) is 4.79 Å². The average molecular weight is 210 g/mol. The fourth-order valence-electron chi connectivity index (χ4n) is 3.03. The summed E-state index contributed by atoms with van der Waals surface area (Å²) in [6.07, 6.45) is 6.07. The van der Waals surface area contributed by atoms with Gasteiger partial charge < -0.3 is 9.80 Å². The first-order valence-electron chi connectivity index (χ1n) is 6.15. The van der Waals surface area contributed by atoms with Crippen LogP contribution in [0.5, 0.6) is 0 Å². The Bertz CT molecular complexity index is 242. The second-order valence-electron chi connectivity index (χ2n) is 5.05. The van der Waals surface area contributed by atoms with Crippen molar-refractivity contribution in [2.75, 3.05) is 27.2 Å². The van der Waals surface area contributed by atoms with Crippen LogP contribution in [0.15, 0.2) is 0 Å². The number of nitrogens with zero attached hydrogens (tertiary/aromatic N) is 2. The minimum atomic E-state index is 0.272. The Labute approximate surface area is 92.4 Å². The molecule has 0 aliphatic carbocycles. The van der Waals surface area contributed by atoms with Crippen molar-refractivity contribution in [3.05, 3.63) is 0 Å². The highest BCUT2D eigenvalue weighted by atomic mass is 16.2. The number of hydrogen-bond acceptors (Lipinski definition) is 2. The van der Waals surface area contributed by atoms with Crippen molar-refractivity contribution in [1.29, 1.82) is 0 Å². The number of rotatable bonds is 1. The average Bonchev–Trinajstić information content (AvgIpc) is 2.23. The number of carbonyl (C=O) groups is 1. The van der Waals surface area contributed by atoms with E-state index in [0.29, 0.717) is 11.9 Å². The third-order valence-corrected chi connectivity index (χ3v) is 3.99. The zero-order valence-corrected chi connectivity index (χ0v) is 9.91. The fourth-order valence-corrected chi connectivity index (χ4v) is 3.03. The highest BCUT2D eigenvalue weighted by Crippen LogP contribution is 2.28. The van der Waals surface area contributed by atoms with E-state index >= 15 is 0 Å². The third kappa shape index (κ3) is 2.17. The van der Waals surface area contributed by atoms with Gasteiger partial charge >= 0.3 is 0 Å². The molecule has 0 saturated carbocycles. The molecule has 3 nitrogen and oxygen atoms in total. The molecule has 2 aliphatic heterocycles. The van der Waals surface area contributed by atoms with Crippen molar-refractivity contribution in [3.8, 4) is 0 Å². The van der Waals surface area contributed by atoms with Crippen LogP contribution in [0, 0.1) is 5.92 Å². The molecular weight excluding hydrogens is 188 g/mol. The molecule has 0 radical (unpaired) electrons. The molecule has 2 aliphatic rings. The second kappa shape index (κ2) is 4.52. The Balaban J connectivity index is 2.04. The largest absolute Gasteiger partial charge is 0.345 e. The highest BCUT2D eigenvalue weighted by Gasteiger charge is 2.35. The van der Waals surface area contributed by atoms with Crippen molar-refractivity contribution >= 4 is 5.91 Å². The van der Waals surface area contributed by atoms with Crippen molar-refractivity contribution in [2.45, 2.75) is 38.1 Å². The van der Waals surface area contributed by atoms with Gasteiger partial charge in [0, 0.05) is 19.6 Å². The molecule has 15 heavy (non-hydrogen) atoms. The zero-order valence-electron chi connectivity index (χ0n) is 9.91. The van der Waals surface area contributed by atoms with Gasteiger partial charge in [0.25, 0.3) is 0 Å². The van der Waals surface area contributed by atoms with E-state index in [9.17, 15) is 4.79 Å². The molecule has 2 rings (SSSR count). The molecule has 0 aromatic rings. The number of amides is 1. The van der Waals surface area contributed by atoms with Gasteiger partial charge in [-0.25, -0.2) is 0 Å². The minimum absolute atomic E-state index is 0.272. The third-order valence-electron chi connectivity index (χ3n) is 3.99. The number of hydrogen-bond donors (Lipinski definition) is 0. The van der Waals surface area contributed by atoms with E-state index in [-0.39, 0.29) is 5.92 Å². The monoisotopic (exact) mass is 210 g/mol. The summed E-state index contributed by atoms with van der Waals surface area (Å²) in [5.41, 5.74) is 0. The highest BCUT2D eigenvalue weighted by molar-refractivity contribution is 5.80. The number of likely N-dealkylation sites (tertiary alicyclic amines) is 2. The molecular formula is C12H22N2O. The number of carbonyl (C=O) groups excluding carboxylic acids is 1. The first-order chi connectivity index (χ1) is 7.20. The summed E-state index contributed by atoms with van der Waals surface area (Å²) in [5.74, 6) is 0.647. The second-order valence-corrected chi connectivity index (χ2v) is 5.05. The van der Waals surface area contributed by atoms with Gasteiger partial charge in [0.1, 0.15) is 0 Å². The molecule has 86 valence electrons. The first-order valence-corrected chi connectivity index (χ1v) is 6.15. The Kier molecular flexibility index (Phi) is 3.29. The lowest BCUT2D eigenvalue weighted by Gasteiger charge is -2.41. The van der Waals surface area contributed by atoms with E-state index in [1.54, 1.807) is 0 Å². The van der Waals surface area contributed by atoms with Crippen LogP contribution in [0.1, 0.15) is 32.1 Å². The Morgan fingerprint density at radius 2 is 1.87 bits per heavy atom. The summed E-state index contributed by atoms with van der Waals surface area (Å²) >= 11 is 0. The molecule has 2 fully saturated rings. The van der Waals surface area contributed by atoms with Crippen LogP contribution >= 0.6 is 0 Å². The van der Waals surface area contributed by atoms with Crippen molar-refractivity contribution in [3.63, 3.8) is 0 Å². The van der Waals surface area contributed by atoms with E-state index in [1.807, 2.05) is 11.9 Å². The van der Waals surface area contributed by atoms with E-state index in [0.717, 1.165) is 19.5 Å². The predicted octanol–water partition coefficient (Wildman–Crippen LogP) is 1.34. The lowest BCUT2D eigenvalue weighted by molar-refractivity contribution is -0.140. The van der Waals surface area contributed by atoms with Gasteiger partial charge in [-0.05, 0) is 39.3 Å². The quantitative estimate of drug-likeness (QED) is 0.652. The fraction of sp³-hybridized carbons (Fsp3) is 0.917. The van der Waals surface area contributed by atoms with Crippen molar-refractivity contribution in [1.82, 2.24) is 9.80 Å². The molecule has 0 aromatic heterocycles. The zero-order chi connectivity index (χ0) is 10.8. The van der Waals surface area contributed by atoms with Gasteiger partial charge in [0.05, 0.1) is 5.92 Å². The summed E-state index contributed by atoms with van der Waals surface area (Å²) in [6.45, 7) is 2.12.